The first-order valence-electron chi connectivity index (χ1n) is 6.70. The smallest absolute Gasteiger partial charge is 0.232 e. The highest BCUT2D eigenvalue weighted by Gasteiger charge is 2.33. The molecule has 106 valence electrons. The molecule has 0 spiro atoms. The minimum absolute atomic E-state index is 0.144. The summed E-state index contributed by atoms with van der Waals surface area (Å²) in [6.07, 6.45) is 0. The molecule has 7 heteroatoms. The fourth-order valence-corrected chi connectivity index (χ4v) is 3.93. The van der Waals surface area contributed by atoms with Gasteiger partial charge in [0.1, 0.15) is 0 Å². The zero-order valence-electron chi connectivity index (χ0n) is 11.5. The van der Waals surface area contributed by atoms with E-state index in [9.17, 15) is 0 Å². The molecule has 6 nitrogen and oxygen atoms in total. The third-order valence-corrected chi connectivity index (χ3v) is 5.26. The SMILES string of the molecule is CN1CCN(C)C(c2noc(C3CSCC3N)n2)C1. The fourth-order valence-electron chi connectivity index (χ4n) is 2.65. The minimum atomic E-state index is 0.144. The van der Waals surface area contributed by atoms with E-state index in [0.717, 1.165) is 37.0 Å². The van der Waals surface area contributed by atoms with Crippen LogP contribution in [0.2, 0.25) is 0 Å². The third kappa shape index (κ3) is 2.65. The third-order valence-electron chi connectivity index (χ3n) is 4.05. The van der Waals surface area contributed by atoms with E-state index in [1.165, 1.54) is 0 Å². The molecular weight excluding hydrogens is 262 g/mol. The Morgan fingerprint density at radius 1 is 1.32 bits per heavy atom. The van der Waals surface area contributed by atoms with Crippen LogP contribution in [-0.4, -0.2) is 71.2 Å². The molecule has 3 heterocycles. The topological polar surface area (TPSA) is 71.4 Å². The molecule has 2 aliphatic heterocycles. The molecule has 2 N–H and O–H groups in total. The molecule has 0 aliphatic carbocycles. The van der Waals surface area contributed by atoms with E-state index in [2.05, 4.69) is 34.0 Å². The van der Waals surface area contributed by atoms with E-state index < -0.39 is 0 Å². The molecule has 2 fully saturated rings. The number of piperazine rings is 1. The summed E-state index contributed by atoms with van der Waals surface area (Å²) < 4.78 is 5.46. The average Bonchev–Trinajstić information content (AvgIpc) is 3.00. The summed E-state index contributed by atoms with van der Waals surface area (Å²) in [7, 11) is 4.25. The molecule has 0 bridgehead atoms. The zero-order chi connectivity index (χ0) is 13.4. The van der Waals surface area contributed by atoms with Crippen LogP contribution in [0, 0.1) is 0 Å². The normalized spacial score (nSPS) is 33.9. The van der Waals surface area contributed by atoms with Crippen LogP contribution in [0.15, 0.2) is 4.52 Å². The Kier molecular flexibility index (Phi) is 3.79. The van der Waals surface area contributed by atoms with Gasteiger partial charge in [-0.25, -0.2) is 0 Å². The van der Waals surface area contributed by atoms with Crippen LogP contribution in [-0.2, 0) is 0 Å². The van der Waals surface area contributed by atoms with Crippen molar-refractivity contribution in [3.63, 3.8) is 0 Å². The quantitative estimate of drug-likeness (QED) is 0.828. The molecule has 0 aromatic carbocycles. The maximum absolute atomic E-state index is 6.08. The second-order valence-electron chi connectivity index (χ2n) is 5.56. The molecule has 1 aromatic heterocycles. The van der Waals surface area contributed by atoms with Crippen molar-refractivity contribution in [1.82, 2.24) is 19.9 Å². The number of hydrogen-bond donors (Lipinski definition) is 1. The summed E-state index contributed by atoms with van der Waals surface area (Å²) in [5, 5.41) is 4.18. The van der Waals surface area contributed by atoms with Crippen LogP contribution in [0.25, 0.3) is 0 Å². The van der Waals surface area contributed by atoms with Crippen molar-refractivity contribution in [2.75, 3.05) is 45.2 Å². The van der Waals surface area contributed by atoms with Gasteiger partial charge < -0.3 is 15.2 Å². The van der Waals surface area contributed by atoms with E-state index in [0.29, 0.717) is 5.89 Å². The highest BCUT2D eigenvalue weighted by Crippen LogP contribution is 2.31. The first-order valence-corrected chi connectivity index (χ1v) is 7.86. The van der Waals surface area contributed by atoms with Crippen molar-refractivity contribution >= 4 is 11.8 Å². The summed E-state index contributed by atoms with van der Waals surface area (Å²) >= 11 is 1.86. The summed E-state index contributed by atoms with van der Waals surface area (Å²) in [6, 6.07) is 0.367. The number of nitrogens with two attached hydrogens (primary N) is 1. The van der Waals surface area contributed by atoms with Gasteiger partial charge in [-0.2, -0.15) is 16.7 Å². The van der Waals surface area contributed by atoms with Gasteiger partial charge in [-0.15, -0.1) is 0 Å². The first kappa shape index (κ1) is 13.4. The van der Waals surface area contributed by atoms with Crippen LogP contribution in [0.1, 0.15) is 23.7 Å². The molecule has 0 radical (unpaired) electrons. The lowest BCUT2D eigenvalue weighted by Crippen LogP contribution is -2.45. The summed E-state index contributed by atoms with van der Waals surface area (Å²) in [4.78, 5) is 9.20. The molecule has 19 heavy (non-hydrogen) atoms. The summed E-state index contributed by atoms with van der Waals surface area (Å²) in [6.45, 7) is 3.06. The van der Waals surface area contributed by atoms with Crippen LogP contribution < -0.4 is 5.73 Å². The van der Waals surface area contributed by atoms with Crippen molar-refractivity contribution in [2.24, 2.45) is 5.73 Å². The predicted molar refractivity (Wildman–Crippen MR) is 75.2 cm³/mol. The van der Waals surface area contributed by atoms with E-state index in [1.807, 2.05) is 11.8 Å². The van der Waals surface area contributed by atoms with E-state index in [-0.39, 0.29) is 18.0 Å². The second kappa shape index (κ2) is 5.40. The van der Waals surface area contributed by atoms with Crippen molar-refractivity contribution in [2.45, 2.75) is 18.0 Å². The van der Waals surface area contributed by atoms with Crippen LogP contribution in [0.5, 0.6) is 0 Å². The molecular formula is C12H21N5OS. The average molecular weight is 283 g/mol. The van der Waals surface area contributed by atoms with Crippen LogP contribution >= 0.6 is 11.8 Å². The Labute approximate surface area is 117 Å². The summed E-state index contributed by atoms with van der Waals surface area (Å²) in [5.41, 5.74) is 6.08. The molecule has 3 unspecified atom stereocenters. The molecule has 3 rings (SSSR count). The number of thioether (sulfide) groups is 1. The van der Waals surface area contributed by atoms with Crippen LogP contribution in [0.3, 0.4) is 0 Å². The molecule has 1 aromatic rings. The lowest BCUT2D eigenvalue weighted by molar-refractivity contribution is 0.108. The monoisotopic (exact) mass is 283 g/mol. The second-order valence-corrected chi connectivity index (χ2v) is 6.63. The predicted octanol–water partition coefficient (Wildman–Crippen LogP) is 0.146. The number of likely N-dealkylation sites (N-methyl/N-ethyl adjacent to an activating group) is 2. The largest absolute Gasteiger partial charge is 0.339 e. The van der Waals surface area contributed by atoms with Gasteiger partial charge in [0.05, 0.1) is 12.0 Å². The number of rotatable bonds is 2. The van der Waals surface area contributed by atoms with Gasteiger partial charge in [-0.1, -0.05) is 5.16 Å². The molecule has 2 saturated heterocycles. The lowest BCUT2D eigenvalue weighted by atomic mass is 10.1. The maximum Gasteiger partial charge on any atom is 0.232 e. The van der Waals surface area contributed by atoms with Gasteiger partial charge in [-0.3, -0.25) is 4.90 Å². The Bertz CT molecular complexity index is 440. The highest BCUT2D eigenvalue weighted by molar-refractivity contribution is 7.99. The molecule has 3 atom stereocenters. The summed E-state index contributed by atoms with van der Waals surface area (Å²) in [5.74, 6) is 3.71. The van der Waals surface area contributed by atoms with Gasteiger partial charge in [0.2, 0.25) is 5.89 Å². The van der Waals surface area contributed by atoms with Crippen molar-refractivity contribution in [3.8, 4) is 0 Å². The number of hydrogen-bond acceptors (Lipinski definition) is 7. The van der Waals surface area contributed by atoms with E-state index >= 15 is 0 Å². The Hall–Kier alpha value is -0.630. The van der Waals surface area contributed by atoms with Crippen molar-refractivity contribution < 1.29 is 4.52 Å². The van der Waals surface area contributed by atoms with Gasteiger partial charge in [0.15, 0.2) is 5.82 Å². The van der Waals surface area contributed by atoms with Crippen LogP contribution in [0.4, 0.5) is 0 Å². The maximum atomic E-state index is 6.08. The molecule has 2 aliphatic rings. The van der Waals surface area contributed by atoms with Gasteiger partial charge in [0.25, 0.3) is 0 Å². The molecule has 0 amide bonds. The van der Waals surface area contributed by atoms with E-state index in [4.69, 9.17) is 10.3 Å². The lowest BCUT2D eigenvalue weighted by Gasteiger charge is -2.35. The van der Waals surface area contributed by atoms with Gasteiger partial charge in [-0.05, 0) is 14.1 Å². The zero-order valence-corrected chi connectivity index (χ0v) is 12.3. The first-order chi connectivity index (χ1) is 9.15. The number of nitrogens with zero attached hydrogens (tertiary/aromatic N) is 4. The Balaban J connectivity index is 1.76. The Morgan fingerprint density at radius 2 is 2.16 bits per heavy atom. The van der Waals surface area contributed by atoms with Crippen molar-refractivity contribution in [3.05, 3.63) is 11.7 Å². The standard InChI is InChI=1S/C12H21N5OS/c1-16-3-4-17(2)10(5-16)11-14-12(18-15-11)8-6-19-7-9(8)13/h8-10H,3-7,13H2,1-2H3. The molecule has 0 saturated carbocycles. The Morgan fingerprint density at radius 3 is 2.89 bits per heavy atom. The van der Waals surface area contributed by atoms with Crippen molar-refractivity contribution in [1.29, 1.82) is 0 Å². The van der Waals surface area contributed by atoms with E-state index in [1.54, 1.807) is 0 Å². The van der Waals surface area contributed by atoms with Gasteiger partial charge >= 0.3 is 0 Å². The van der Waals surface area contributed by atoms with Gasteiger partial charge in [0, 0.05) is 37.2 Å². The highest BCUT2D eigenvalue weighted by atomic mass is 32.2. The number of aromatic nitrogens is 2. The minimum Gasteiger partial charge on any atom is -0.339 e. The fraction of sp³-hybridized carbons (Fsp3) is 0.833.